The highest BCUT2D eigenvalue weighted by atomic mass is 79.9. The first-order chi connectivity index (χ1) is 11.1. The molecule has 2 atom stereocenters. The fraction of sp³-hybridized carbons (Fsp3) is 0.632. The summed E-state index contributed by atoms with van der Waals surface area (Å²) in [7, 11) is 0. The lowest BCUT2D eigenvalue weighted by molar-refractivity contribution is -0.126. The number of hydrogen-bond acceptors (Lipinski definition) is 2. The van der Waals surface area contributed by atoms with Gasteiger partial charge in [-0.15, -0.1) is 0 Å². The molecule has 0 heterocycles. The molecule has 3 saturated carbocycles. The molecule has 0 saturated heterocycles. The molecule has 2 unspecified atom stereocenters. The SMILES string of the molecule is NC1CC2CCCC(C1)C2NC(=O)C1(c2cccc(Br)c2)CC1. The van der Waals surface area contributed by atoms with Crippen LogP contribution in [0.25, 0.3) is 0 Å². The van der Waals surface area contributed by atoms with Crippen molar-refractivity contribution in [2.75, 3.05) is 0 Å². The zero-order valence-corrected chi connectivity index (χ0v) is 15.0. The zero-order valence-electron chi connectivity index (χ0n) is 13.4. The Labute approximate surface area is 146 Å². The van der Waals surface area contributed by atoms with Crippen molar-refractivity contribution in [3.63, 3.8) is 0 Å². The molecule has 2 bridgehead atoms. The van der Waals surface area contributed by atoms with Crippen LogP contribution >= 0.6 is 15.9 Å². The Bertz CT molecular complexity index is 599. The van der Waals surface area contributed by atoms with E-state index < -0.39 is 0 Å². The lowest BCUT2D eigenvalue weighted by Crippen LogP contribution is -2.55. The standard InChI is InChI=1S/C19H25BrN2O/c20-15-6-2-5-14(11-15)19(7-8-19)18(23)22-17-12-3-1-4-13(17)10-16(21)9-12/h2,5-6,11-13,16-17H,1,3-4,7-10,21H2,(H,22,23). The topological polar surface area (TPSA) is 55.1 Å². The van der Waals surface area contributed by atoms with Gasteiger partial charge in [-0.05, 0) is 68.1 Å². The minimum atomic E-state index is -0.280. The number of nitrogens with one attached hydrogen (secondary N) is 1. The van der Waals surface area contributed by atoms with Gasteiger partial charge in [0.1, 0.15) is 0 Å². The molecule has 0 aromatic heterocycles. The highest BCUT2D eigenvalue weighted by Gasteiger charge is 2.53. The molecule has 1 aromatic carbocycles. The molecule has 0 aliphatic heterocycles. The first-order valence-corrected chi connectivity index (χ1v) is 9.70. The molecule has 1 aromatic rings. The molecule has 0 radical (unpaired) electrons. The highest BCUT2D eigenvalue weighted by Crippen LogP contribution is 2.50. The van der Waals surface area contributed by atoms with Gasteiger partial charge < -0.3 is 11.1 Å². The Morgan fingerprint density at radius 2 is 1.91 bits per heavy atom. The van der Waals surface area contributed by atoms with Crippen LogP contribution in [0.5, 0.6) is 0 Å². The summed E-state index contributed by atoms with van der Waals surface area (Å²) in [5, 5.41) is 3.45. The van der Waals surface area contributed by atoms with Crippen LogP contribution in [0.2, 0.25) is 0 Å². The summed E-state index contributed by atoms with van der Waals surface area (Å²) < 4.78 is 1.05. The van der Waals surface area contributed by atoms with E-state index >= 15 is 0 Å². The van der Waals surface area contributed by atoms with Crippen LogP contribution in [-0.2, 0) is 10.2 Å². The second-order valence-electron chi connectivity index (χ2n) is 7.77. The molecule has 3 aliphatic carbocycles. The highest BCUT2D eigenvalue weighted by molar-refractivity contribution is 9.10. The van der Waals surface area contributed by atoms with Crippen LogP contribution in [0.1, 0.15) is 50.5 Å². The summed E-state index contributed by atoms with van der Waals surface area (Å²) >= 11 is 3.53. The second kappa shape index (κ2) is 5.89. The van der Waals surface area contributed by atoms with Crippen molar-refractivity contribution in [3.05, 3.63) is 34.3 Å². The lowest BCUT2D eigenvalue weighted by atomic mass is 9.67. The average molecular weight is 377 g/mol. The van der Waals surface area contributed by atoms with Gasteiger partial charge in [0.25, 0.3) is 0 Å². The smallest absolute Gasteiger partial charge is 0.230 e. The Hall–Kier alpha value is -0.870. The van der Waals surface area contributed by atoms with Crippen molar-refractivity contribution in [1.82, 2.24) is 5.32 Å². The number of rotatable bonds is 3. The maximum Gasteiger partial charge on any atom is 0.230 e. The monoisotopic (exact) mass is 376 g/mol. The van der Waals surface area contributed by atoms with E-state index in [1.807, 2.05) is 12.1 Å². The molecule has 3 aliphatic rings. The largest absolute Gasteiger partial charge is 0.352 e. The normalized spacial score (nSPS) is 34.7. The molecule has 23 heavy (non-hydrogen) atoms. The van der Waals surface area contributed by atoms with Crippen molar-refractivity contribution >= 4 is 21.8 Å². The van der Waals surface area contributed by atoms with Crippen LogP contribution in [0.15, 0.2) is 28.7 Å². The third-order valence-corrected chi connectivity index (χ3v) is 6.73. The van der Waals surface area contributed by atoms with Gasteiger partial charge in [0.2, 0.25) is 5.91 Å². The van der Waals surface area contributed by atoms with Crippen molar-refractivity contribution in [2.45, 2.75) is 62.4 Å². The Morgan fingerprint density at radius 1 is 1.22 bits per heavy atom. The van der Waals surface area contributed by atoms with Crippen LogP contribution < -0.4 is 11.1 Å². The fourth-order valence-corrected chi connectivity index (χ4v) is 5.27. The van der Waals surface area contributed by atoms with E-state index in [2.05, 4.69) is 33.4 Å². The zero-order chi connectivity index (χ0) is 16.0. The fourth-order valence-electron chi connectivity index (χ4n) is 4.87. The van der Waals surface area contributed by atoms with E-state index in [0.717, 1.165) is 35.7 Å². The van der Waals surface area contributed by atoms with Gasteiger partial charge in [-0.25, -0.2) is 0 Å². The van der Waals surface area contributed by atoms with E-state index in [0.29, 0.717) is 23.9 Å². The van der Waals surface area contributed by atoms with Gasteiger partial charge in [0.05, 0.1) is 5.41 Å². The number of nitrogens with two attached hydrogens (primary N) is 1. The summed E-state index contributed by atoms with van der Waals surface area (Å²) in [6.45, 7) is 0. The number of hydrogen-bond donors (Lipinski definition) is 2. The van der Waals surface area contributed by atoms with Gasteiger partial charge in [0.15, 0.2) is 0 Å². The second-order valence-corrected chi connectivity index (χ2v) is 8.69. The van der Waals surface area contributed by atoms with E-state index in [1.165, 1.54) is 19.3 Å². The van der Waals surface area contributed by atoms with E-state index in [1.54, 1.807) is 0 Å². The van der Waals surface area contributed by atoms with Gasteiger partial charge >= 0.3 is 0 Å². The van der Waals surface area contributed by atoms with Crippen molar-refractivity contribution in [2.24, 2.45) is 17.6 Å². The summed E-state index contributed by atoms with van der Waals surface area (Å²) in [6, 6.07) is 8.92. The molecule has 3 N–H and O–H groups in total. The van der Waals surface area contributed by atoms with Gasteiger partial charge in [-0.2, -0.15) is 0 Å². The third kappa shape index (κ3) is 2.85. The maximum atomic E-state index is 13.1. The first-order valence-electron chi connectivity index (χ1n) is 8.91. The Balaban J connectivity index is 1.52. The minimum Gasteiger partial charge on any atom is -0.352 e. The number of amides is 1. The van der Waals surface area contributed by atoms with Crippen LogP contribution in [0, 0.1) is 11.8 Å². The average Bonchev–Trinajstić information content (AvgIpc) is 3.30. The Kier molecular flexibility index (Phi) is 4.01. The summed E-state index contributed by atoms with van der Waals surface area (Å²) in [5.41, 5.74) is 7.08. The third-order valence-electron chi connectivity index (χ3n) is 6.24. The molecule has 4 rings (SSSR count). The number of carbonyl (C=O) groups is 1. The first kappa shape index (κ1) is 15.6. The van der Waals surface area contributed by atoms with Gasteiger partial charge in [-0.3, -0.25) is 4.79 Å². The summed E-state index contributed by atoms with van der Waals surface area (Å²) in [4.78, 5) is 13.1. The predicted molar refractivity (Wildman–Crippen MR) is 95.0 cm³/mol. The van der Waals surface area contributed by atoms with E-state index in [9.17, 15) is 4.79 Å². The molecule has 124 valence electrons. The van der Waals surface area contributed by atoms with E-state index in [4.69, 9.17) is 5.73 Å². The quantitative estimate of drug-likeness (QED) is 0.847. The number of carbonyl (C=O) groups excluding carboxylic acids is 1. The number of fused-ring (bicyclic) bond motifs is 2. The molecule has 4 heteroatoms. The molecular weight excluding hydrogens is 352 g/mol. The number of benzene rings is 1. The molecule has 1 amide bonds. The van der Waals surface area contributed by atoms with E-state index in [-0.39, 0.29) is 11.3 Å². The molecular formula is C19H25BrN2O. The summed E-state index contributed by atoms with van der Waals surface area (Å²) in [6.07, 6.45) is 7.83. The van der Waals surface area contributed by atoms with Crippen LogP contribution in [-0.4, -0.2) is 18.0 Å². The van der Waals surface area contributed by atoms with Gasteiger partial charge in [-0.1, -0.05) is 34.5 Å². The molecule has 0 spiro atoms. The van der Waals surface area contributed by atoms with Crippen molar-refractivity contribution in [1.29, 1.82) is 0 Å². The van der Waals surface area contributed by atoms with Crippen LogP contribution in [0.4, 0.5) is 0 Å². The Morgan fingerprint density at radius 3 is 2.52 bits per heavy atom. The predicted octanol–water partition coefficient (Wildman–Crippen LogP) is 3.50. The van der Waals surface area contributed by atoms with Crippen LogP contribution in [0.3, 0.4) is 0 Å². The summed E-state index contributed by atoms with van der Waals surface area (Å²) in [5.74, 6) is 1.41. The molecule has 3 nitrogen and oxygen atoms in total. The lowest BCUT2D eigenvalue weighted by Gasteiger charge is -2.45. The minimum absolute atomic E-state index is 0.243. The number of halogens is 1. The van der Waals surface area contributed by atoms with Gasteiger partial charge in [0, 0.05) is 16.6 Å². The van der Waals surface area contributed by atoms with Crippen molar-refractivity contribution < 1.29 is 4.79 Å². The molecule has 3 fully saturated rings. The maximum absolute atomic E-state index is 13.1. The van der Waals surface area contributed by atoms with Crippen molar-refractivity contribution in [3.8, 4) is 0 Å².